The normalized spacial score (nSPS) is 26.4. The third kappa shape index (κ3) is 4.08. The third-order valence-electron chi connectivity index (χ3n) is 4.95. The van der Waals surface area contributed by atoms with Gasteiger partial charge in [-0.05, 0) is 32.1 Å². The van der Waals surface area contributed by atoms with E-state index >= 15 is 0 Å². The zero-order valence-electron chi connectivity index (χ0n) is 15.5. The van der Waals surface area contributed by atoms with Crippen molar-refractivity contribution in [3.63, 3.8) is 0 Å². The fraction of sp³-hybridized carbons (Fsp3) is 0.833. The Kier molecular flexibility index (Phi) is 5.41. The summed E-state index contributed by atoms with van der Waals surface area (Å²) in [6.07, 6.45) is 5.95. The topological polar surface area (TPSA) is 67.1 Å². The van der Waals surface area contributed by atoms with E-state index in [1.54, 1.807) is 0 Å². The van der Waals surface area contributed by atoms with Gasteiger partial charge in [0.1, 0.15) is 5.82 Å². The SMILES string of the molecule is CCCC1CC1NC(=NCC)NC1CCc2nc(C(C)C)nn2C1. The molecule has 1 fully saturated rings. The van der Waals surface area contributed by atoms with E-state index in [2.05, 4.69) is 58.1 Å². The van der Waals surface area contributed by atoms with Crippen molar-refractivity contribution in [2.45, 2.75) is 84.3 Å². The minimum absolute atomic E-state index is 0.375. The van der Waals surface area contributed by atoms with Gasteiger partial charge in [0.2, 0.25) is 0 Å². The van der Waals surface area contributed by atoms with E-state index in [0.29, 0.717) is 18.0 Å². The maximum atomic E-state index is 4.67. The van der Waals surface area contributed by atoms with Crippen LogP contribution in [0.3, 0.4) is 0 Å². The van der Waals surface area contributed by atoms with Gasteiger partial charge in [0.15, 0.2) is 11.8 Å². The highest BCUT2D eigenvalue weighted by atomic mass is 15.4. The summed E-state index contributed by atoms with van der Waals surface area (Å²) in [4.78, 5) is 9.30. The average molecular weight is 332 g/mol. The van der Waals surface area contributed by atoms with E-state index < -0.39 is 0 Å². The van der Waals surface area contributed by atoms with Crippen LogP contribution in [0.2, 0.25) is 0 Å². The van der Waals surface area contributed by atoms with Crippen LogP contribution in [0.4, 0.5) is 0 Å². The predicted octanol–water partition coefficient (Wildman–Crippen LogP) is 2.46. The first-order valence-electron chi connectivity index (χ1n) is 9.61. The Morgan fingerprint density at radius 3 is 2.88 bits per heavy atom. The minimum atomic E-state index is 0.375. The van der Waals surface area contributed by atoms with Gasteiger partial charge in [-0.25, -0.2) is 9.67 Å². The number of nitrogens with one attached hydrogen (secondary N) is 2. The first kappa shape index (κ1) is 17.2. The Hall–Kier alpha value is -1.59. The van der Waals surface area contributed by atoms with E-state index in [-0.39, 0.29) is 0 Å². The van der Waals surface area contributed by atoms with Gasteiger partial charge < -0.3 is 10.6 Å². The number of aromatic nitrogens is 3. The van der Waals surface area contributed by atoms with Crippen molar-refractivity contribution in [2.24, 2.45) is 10.9 Å². The molecule has 24 heavy (non-hydrogen) atoms. The molecule has 0 bridgehead atoms. The summed E-state index contributed by atoms with van der Waals surface area (Å²) in [5.41, 5.74) is 0. The largest absolute Gasteiger partial charge is 0.353 e. The lowest BCUT2D eigenvalue weighted by Crippen LogP contribution is -2.48. The van der Waals surface area contributed by atoms with Gasteiger partial charge in [-0.15, -0.1) is 0 Å². The van der Waals surface area contributed by atoms with Crippen LogP contribution in [0, 0.1) is 5.92 Å². The van der Waals surface area contributed by atoms with Crippen molar-refractivity contribution >= 4 is 5.96 Å². The second-order valence-corrected chi connectivity index (χ2v) is 7.46. The summed E-state index contributed by atoms with van der Waals surface area (Å²) in [6, 6.07) is 0.987. The zero-order valence-corrected chi connectivity index (χ0v) is 15.5. The third-order valence-corrected chi connectivity index (χ3v) is 4.95. The van der Waals surface area contributed by atoms with Crippen LogP contribution in [0.1, 0.15) is 70.9 Å². The van der Waals surface area contributed by atoms with E-state index in [4.69, 9.17) is 0 Å². The van der Waals surface area contributed by atoms with Gasteiger partial charge in [-0.3, -0.25) is 4.99 Å². The number of aryl methyl sites for hydroxylation is 1. The maximum absolute atomic E-state index is 4.67. The molecule has 0 aromatic carbocycles. The Morgan fingerprint density at radius 2 is 2.17 bits per heavy atom. The monoisotopic (exact) mass is 332 g/mol. The predicted molar refractivity (Wildman–Crippen MR) is 97.3 cm³/mol. The molecule has 1 aliphatic carbocycles. The molecule has 134 valence electrons. The molecule has 0 saturated heterocycles. The average Bonchev–Trinajstić information content (AvgIpc) is 3.11. The van der Waals surface area contributed by atoms with Gasteiger partial charge >= 0.3 is 0 Å². The van der Waals surface area contributed by atoms with Crippen LogP contribution < -0.4 is 10.6 Å². The highest BCUT2D eigenvalue weighted by Crippen LogP contribution is 2.34. The Labute approximate surface area is 145 Å². The van der Waals surface area contributed by atoms with Gasteiger partial charge in [0, 0.05) is 31.0 Å². The first-order chi connectivity index (χ1) is 11.6. The number of guanidine groups is 1. The molecule has 1 aromatic rings. The lowest BCUT2D eigenvalue weighted by molar-refractivity contribution is 0.391. The van der Waals surface area contributed by atoms with Crippen molar-refractivity contribution in [3.05, 3.63) is 11.6 Å². The number of hydrogen-bond donors (Lipinski definition) is 2. The number of aliphatic imine (C=N–C) groups is 1. The fourth-order valence-electron chi connectivity index (χ4n) is 3.46. The Bertz CT molecular complexity index is 576. The molecule has 2 N–H and O–H groups in total. The second kappa shape index (κ2) is 7.53. The molecular weight excluding hydrogens is 300 g/mol. The van der Waals surface area contributed by atoms with Crippen LogP contribution in [0.15, 0.2) is 4.99 Å². The summed E-state index contributed by atoms with van der Waals surface area (Å²) in [5, 5.41) is 11.9. The number of nitrogens with zero attached hydrogens (tertiary/aromatic N) is 4. The lowest BCUT2D eigenvalue weighted by Gasteiger charge is -2.25. The molecule has 6 heteroatoms. The molecule has 2 heterocycles. The van der Waals surface area contributed by atoms with Crippen molar-refractivity contribution in [3.8, 4) is 0 Å². The standard InChI is InChI=1S/C18H32N6/c1-5-7-13-10-15(13)21-18(19-6-2)20-14-8-9-16-22-17(12(3)4)23-24(16)11-14/h12-15H,5-11H2,1-4H3,(H2,19,20,21). The quantitative estimate of drug-likeness (QED) is 0.620. The highest BCUT2D eigenvalue weighted by molar-refractivity contribution is 5.80. The highest BCUT2D eigenvalue weighted by Gasteiger charge is 2.37. The summed E-state index contributed by atoms with van der Waals surface area (Å²) in [6.45, 7) is 10.3. The Balaban J connectivity index is 1.57. The van der Waals surface area contributed by atoms with Crippen LogP contribution in [-0.2, 0) is 13.0 Å². The van der Waals surface area contributed by atoms with Crippen LogP contribution in [0.5, 0.6) is 0 Å². The van der Waals surface area contributed by atoms with E-state index in [1.165, 1.54) is 19.3 Å². The number of rotatable bonds is 6. The van der Waals surface area contributed by atoms with Crippen LogP contribution >= 0.6 is 0 Å². The molecular formula is C18H32N6. The number of hydrogen-bond acceptors (Lipinski definition) is 3. The van der Waals surface area contributed by atoms with Crippen molar-refractivity contribution in [1.82, 2.24) is 25.4 Å². The molecule has 3 unspecified atom stereocenters. The van der Waals surface area contributed by atoms with Crippen molar-refractivity contribution in [1.29, 1.82) is 0 Å². The fourth-order valence-corrected chi connectivity index (χ4v) is 3.46. The second-order valence-electron chi connectivity index (χ2n) is 7.46. The zero-order chi connectivity index (χ0) is 17.1. The molecule has 1 saturated carbocycles. The molecule has 1 aliphatic heterocycles. The summed E-state index contributed by atoms with van der Waals surface area (Å²) >= 11 is 0. The molecule has 3 atom stereocenters. The Morgan fingerprint density at radius 1 is 1.33 bits per heavy atom. The molecule has 6 nitrogen and oxygen atoms in total. The number of fused-ring (bicyclic) bond motifs is 1. The van der Waals surface area contributed by atoms with Gasteiger partial charge in [-0.2, -0.15) is 5.10 Å². The van der Waals surface area contributed by atoms with Gasteiger partial charge in [0.25, 0.3) is 0 Å². The van der Waals surface area contributed by atoms with E-state index in [9.17, 15) is 0 Å². The van der Waals surface area contributed by atoms with Crippen LogP contribution in [0.25, 0.3) is 0 Å². The smallest absolute Gasteiger partial charge is 0.191 e. The maximum Gasteiger partial charge on any atom is 0.191 e. The lowest BCUT2D eigenvalue weighted by atomic mass is 10.1. The molecule has 1 aromatic heterocycles. The first-order valence-corrected chi connectivity index (χ1v) is 9.61. The molecule has 0 spiro atoms. The van der Waals surface area contributed by atoms with Crippen molar-refractivity contribution in [2.75, 3.05) is 6.54 Å². The molecule has 3 rings (SSSR count). The van der Waals surface area contributed by atoms with E-state index in [1.807, 2.05) is 0 Å². The molecule has 0 radical (unpaired) electrons. The van der Waals surface area contributed by atoms with Crippen molar-refractivity contribution < 1.29 is 0 Å². The summed E-state index contributed by atoms with van der Waals surface area (Å²) < 4.78 is 2.08. The van der Waals surface area contributed by atoms with Gasteiger partial charge in [0.05, 0.1) is 6.54 Å². The molecule has 0 amide bonds. The summed E-state index contributed by atoms with van der Waals surface area (Å²) in [5.74, 6) is 4.29. The van der Waals surface area contributed by atoms with Gasteiger partial charge in [-0.1, -0.05) is 27.2 Å². The summed E-state index contributed by atoms with van der Waals surface area (Å²) in [7, 11) is 0. The van der Waals surface area contributed by atoms with Crippen LogP contribution in [-0.4, -0.2) is 39.4 Å². The minimum Gasteiger partial charge on any atom is -0.353 e. The van der Waals surface area contributed by atoms with E-state index in [0.717, 1.165) is 49.5 Å². The molecule has 2 aliphatic rings.